The average Bonchev–Trinajstić information content (AvgIpc) is 3.00. The summed E-state index contributed by atoms with van der Waals surface area (Å²) in [6.45, 7) is 6.12. The standard InChI is InChI=1S/C25H30N2O4/c1-7-12-27-22(17-8-10-18(11-9-17)26(4)5)21(24(29)25(27)30)23(28)19-13-16(3)20(31-6)14-15(19)2/h8-11,13-14,22,28H,7,12H2,1-6H3/b23-21+. The monoisotopic (exact) mass is 422 g/mol. The Morgan fingerprint density at radius 3 is 2.29 bits per heavy atom. The van der Waals surface area contributed by atoms with Crippen LogP contribution < -0.4 is 9.64 Å². The van der Waals surface area contributed by atoms with Gasteiger partial charge in [0.2, 0.25) is 0 Å². The summed E-state index contributed by atoms with van der Waals surface area (Å²) >= 11 is 0. The molecule has 6 heteroatoms. The number of methoxy groups -OCH3 is 1. The second-order valence-electron chi connectivity index (χ2n) is 8.12. The van der Waals surface area contributed by atoms with Crippen molar-refractivity contribution in [2.45, 2.75) is 33.2 Å². The third-order valence-electron chi connectivity index (χ3n) is 5.73. The van der Waals surface area contributed by atoms with Gasteiger partial charge in [-0.05, 0) is 61.2 Å². The minimum Gasteiger partial charge on any atom is -0.507 e. The van der Waals surface area contributed by atoms with Gasteiger partial charge >= 0.3 is 0 Å². The van der Waals surface area contributed by atoms with Gasteiger partial charge in [0.15, 0.2) is 0 Å². The van der Waals surface area contributed by atoms with Crippen LogP contribution in [0.25, 0.3) is 5.76 Å². The van der Waals surface area contributed by atoms with Crippen molar-refractivity contribution in [3.8, 4) is 5.75 Å². The van der Waals surface area contributed by atoms with E-state index in [1.165, 1.54) is 0 Å². The van der Waals surface area contributed by atoms with E-state index in [-0.39, 0.29) is 11.3 Å². The van der Waals surface area contributed by atoms with Crippen molar-refractivity contribution in [2.75, 3.05) is 32.6 Å². The lowest BCUT2D eigenvalue weighted by atomic mass is 9.93. The molecule has 3 rings (SSSR count). The number of anilines is 1. The van der Waals surface area contributed by atoms with E-state index in [2.05, 4.69) is 0 Å². The molecule has 1 heterocycles. The fourth-order valence-electron chi connectivity index (χ4n) is 4.06. The molecule has 6 nitrogen and oxygen atoms in total. The number of amides is 1. The van der Waals surface area contributed by atoms with Crippen molar-refractivity contribution in [3.05, 3.63) is 64.2 Å². The quantitative estimate of drug-likeness (QED) is 0.429. The van der Waals surface area contributed by atoms with Gasteiger partial charge in [-0.2, -0.15) is 0 Å². The molecule has 2 aromatic rings. The van der Waals surface area contributed by atoms with Crippen LogP contribution in [0.5, 0.6) is 5.75 Å². The van der Waals surface area contributed by atoms with Gasteiger partial charge < -0.3 is 19.6 Å². The highest BCUT2D eigenvalue weighted by atomic mass is 16.5. The number of ether oxygens (including phenoxy) is 1. The molecule has 0 aromatic heterocycles. The number of rotatable bonds is 6. The predicted molar refractivity (Wildman–Crippen MR) is 123 cm³/mol. The molecule has 0 radical (unpaired) electrons. The Labute approximate surface area is 183 Å². The number of aliphatic hydroxyl groups excluding tert-OH is 1. The van der Waals surface area contributed by atoms with E-state index in [1.807, 2.05) is 70.1 Å². The van der Waals surface area contributed by atoms with Gasteiger partial charge in [-0.3, -0.25) is 9.59 Å². The number of aryl methyl sites for hydroxylation is 2. The highest BCUT2D eigenvalue weighted by Gasteiger charge is 2.45. The number of benzene rings is 2. The van der Waals surface area contributed by atoms with Crippen molar-refractivity contribution in [2.24, 2.45) is 0 Å². The van der Waals surface area contributed by atoms with Crippen LogP contribution in [0.2, 0.25) is 0 Å². The lowest BCUT2D eigenvalue weighted by Crippen LogP contribution is -2.30. The Kier molecular flexibility index (Phi) is 6.39. The van der Waals surface area contributed by atoms with E-state index in [1.54, 1.807) is 18.1 Å². The fourth-order valence-corrected chi connectivity index (χ4v) is 4.06. The topological polar surface area (TPSA) is 70.1 Å². The van der Waals surface area contributed by atoms with Gasteiger partial charge in [0.05, 0.1) is 18.7 Å². The van der Waals surface area contributed by atoms with Gasteiger partial charge in [0.25, 0.3) is 11.7 Å². The number of hydrogen-bond donors (Lipinski definition) is 1. The summed E-state index contributed by atoms with van der Waals surface area (Å²) in [5, 5.41) is 11.3. The van der Waals surface area contributed by atoms with Crippen molar-refractivity contribution in [1.82, 2.24) is 4.90 Å². The van der Waals surface area contributed by atoms with Crippen LogP contribution in [-0.4, -0.2) is 49.4 Å². The maximum atomic E-state index is 13.0. The summed E-state index contributed by atoms with van der Waals surface area (Å²) in [6, 6.07) is 10.7. The third-order valence-corrected chi connectivity index (χ3v) is 5.73. The molecule has 0 aliphatic carbocycles. The minimum atomic E-state index is -0.652. The number of nitrogens with zero attached hydrogens (tertiary/aromatic N) is 2. The molecule has 0 spiro atoms. The van der Waals surface area contributed by atoms with Gasteiger partial charge in [-0.15, -0.1) is 0 Å². The molecule has 1 N–H and O–H groups in total. The minimum absolute atomic E-state index is 0.128. The van der Waals surface area contributed by atoms with Gasteiger partial charge in [-0.1, -0.05) is 19.1 Å². The van der Waals surface area contributed by atoms with E-state index in [4.69, 9.17) is 4.74 Å². The summed E-state index contributed by atoms with van der Waals surface area (Å²) in [5.74, 6) is -0.674. The first-order valence-electron chi connectivity index (χ1n) is 10.4. The number of ketones is 1. The van der Waals surface area contributed by atoms with Crippen LogP contribution in [0.4, 0.5) is 5.69 Å². The van der Waals surface area contributed by atoms with E-state index in [0.717, 1.165) is 22.4 Å². The van der Waals surface area contributed by atoms with E-state index < -0.39 is 17.7 Å². The number of likely N-dealkylation sites (tertiary alicyclic amines) is 1. The van der Waals surface area contributed by atoms with Crippen LogP contribution in [0, 0.1) is 13.8 Å². The van der Waals surface area contributed by atoms with E-state index >= 15 is 0 Å². The largest absolute Gasteiger partial charge is 0.507 e. The predicted octanol–water partition coefficient (Wildman–Crippen LogP) is 4.21. The van der Waals surface area contributed by atoms with Crippen LogP contribution in [0.3, 0.4) is 0 Å². The first-order valence-corrected chi connectivity index (χ1v) is 10.4. The first-order chi connectivity index (χ1) is 14.7. The van der Waals surface area contributed by atoms with Gasteiger partial charge in [0, 0.05) is 31.9 Å². The average molecular weight is 423 g/mol. The second-order valence-corrected chi connectivity index (χ2v) is 8.12. The van der Waals surface area contributed by atoms with Crippen LogP contribution >= 0.6 is 0 Å². The SMILES string of the molecule is CCCN1C(=O)C(=O)/C(=C(/O)c2cc(C)c(OC)cc2C)C1c1ccc(N(C)C)cc1. The van der Waals surface area contributed by atoms with Crippen molar-refractivity contribution >= 4 is 23.1 Å². The number of hydrogen-bond acceptors (Lipinski definition) is 5. The number of carbonyl (C=O) groups excluding carboxylic acids is 2. The molecule has 1 aliphatic rings. The summed E-state index contributed by atoms with van der Waals surface area (Å²) < 4.78 is 5.36. The maximum Gasteiger partial charge on any atom is 0.295 e. The lowest BCUT2D eigenvalue weighted by Gasteiger charge is -2.25. The van der Waals surface area contributed by atoms with Crippen molar-refractivity contribution in [3.63, 3.8) is 0 Å². The van der Waals surface area contributed by atoms with Crippen LogP contribution in [-0.2, 0) is 9.59 Å². The molecule has 1 saturated heterocycles. The summed E-state index contributed by atoms with van der Waals surface area (Å²) in [5.41, 5.74) is 4.07. The number of aliphatic hydroxyl groups is 1. The fraction of sp³-hybridized carbons (Fsp3) is 0.360. The Morgan fingerprint density at radius 2 is 1.74 bits per heavy atom. The van der Waals surface area contributed by atoms with Crippen molar-refractivity contribution < 1.29 is 19.4 Å². The molecular weight excluding hydrogens is 392 g/mol. The smallest absolute Gasteiger partial charge is 0.295 e. The van der Waals surface area contributed by atoms with Crippen LogP contribution in [0.1, 0.15) is 41.6 Å². The Hall–Kier alpha value is -3.28. The molecule has 1 aliphatic heterocycles. The molecule has 164 valence electrons. The van der Waals surface area contributed by atoms with Crippen LogP contribution in [0.15, 0.2) is 42.0 Å². The third kappa shape index (κ3) is 4.02. The highest BCUT2D eigenvalue weighted by Crippen LogP contribution is 2.41. The zero-order valence-electron chi connectivity index (χ0n) is 19.0. The molecular formula is C25H30N2O4. The summed E-state index contributed by atoms with van der Waals surface area (Å²) in [7, 11) is 5.49. The number of Topliss-reactive ketones (excluding diaryl/α,β-unsaturated/α-hetero) is 1. The normalized spacial score (nSPS) is 17.9. The molecule has 1 unspecified atom stereocenters. The molecule has 0 bridgehead atoms. The lowest BCUT2D eigenvalue weighted by molar-refractivity contribution is -0.139. The summed E-state index contributed by atoms with van der Waals surface area (Å²) in [6.07, 6.45) is 0.708. The van der Waals surface area contributed by atoms with Gasteiger partial charge in [0.1, 0.15) is 11.5 Å². The zero-order chi connectivity index (χ0) is 22.9. The molecule has 0 saturated carbocycles. The highest BCUT2D eigenvalue weighted by molar-refractivity contribution is 6.46. The van der Waals surface area contributed by atoms with E-state index in [9.17, 15) is 14.7 Å². The molecule has 2 aromatic carbocycles. The molecule has 1 fully saturated rings. The van der Waals surface area contributed by atoms with E-state index in [0.29, 0.717) is 24.3 Å². The Morgan fingerprint density at radius 1 is 1.10 bits per heavy atom. The first kappa shape index (κ1) is 22.4. The summed E-state index contributed by atoms with van der Waals surface area (Å²) in [4.78, 5) is 29.4. The molecule has 1 amide bonds. The Bertz CT molecular complexity index is 1040. The maximum absolute atomic E-state index is 13.0. The molecule has 1 atom stereocenters. The van der Waals surface area contributed by atoms with Crippen molar-refractivity contribution in [1.29, 1.82) is 0 Å². The van der Waals surface area contributed by atoms with Gasteiger partial charge in [-0.25, -0.2) is 0 Å². The molecule has 31 heavy (non-hydrogen) atoms. The zero-order valence-corrected chi connectivity index (χ0v) is 19.0. The second kappa shape index (κ2) is 8.84. The number of carbonyl (C=O) groups is 2. The Balaban J connectivity index is 2.20.